The lowest BCUT2D eigenvalue weighted by molar-refractivity contribution is 0.102. The fraction of sp³-hybridized carbons (Fsp3) is 0.176. The maximum absolute atomic E-state index is 12.6. The van der Waals surface area contributed by atoms with Crippen LogP contribution in [0.4, 0.5) is 5.69 Å². The van der Waals surface area contributed by atoms with E-state index in [9.17, 15) is 9.59 Å². The van der Waals surface area contributed by atoms with E-state index < -0.39 is 0 Å². The molecule has 6 heteroatoms. The van der Waals surface area contributed by atoms with Crippen LogP contribution in [0.5, 0.6) is 0 Å². The largest absolute Gasteiger partial charge is 0.319 e. The Bertz CT molecular complexity index is 903. The molecule has 0 unspecified atom stereocenters. The number of hydrogen-bond acceptors (Lipinski definition) is 4. The molecule has 1 amide bonds. The number of pyridine rings is 1. The van der Waals surface area contributed by atoms with Crippen molar-refractivity contribution in [1.82, 2.24) is 14.8 Å². The zero-order valence-corrected chi connectivity index (χ0v) is 12.7. The number of carbonyl (C=O) groups excluding carboxylic acids is 1. The number of benzene rings is 1. The Balaban J connectivity index is 2.10. The van der Waals surface area contributed by atoms with E-state index in [1.54, 1.807) is 48.8 Å². The molecule has 0 atom stereocenters. The average Bonchev–Trinajstić information content (AvgIpc) is 2.58. The first kappa shape index (κ1) is 14.9. The average molecular weight is 308 g/mol. The monoisotopic (exact) mass is 308 g/mol. The third-order valence-electron chi connectivity index (χ3n) is 3.44. The van der Waals surface area contributed by atoms with Crippen LogP contribution in [-0.4, -0.2) is 20.7 Å². The van der Waals surface area contributed by atoms with Gasteiger partial charge in [0.1, 0.15) is 0 Å². The summed E-state index contributed by atoms with van der Waals surface area (Å²) in [5.41, 5.74) is 0.634. The Kier molecular flexibility index (Phi) is 4.14. The van der Waals surface area contributed by atoms with Crippen LogP contribution in [0.3, 0.4) is 0 Å². The summed E-state index contributed by atoms with van der Waals surface area (Å²) in [4.78, 5) is 29.0. The van der Waals surface area contributed by atoms with E-state index >= 15 is 0 Å². The standard InChI is InChI=1S/C17H16N4O2/c1-2-10-21-17(23)14-8-4-3-7-13(14)15(20-21)16(22)19-12-6-5-9-18-11-12/h3-9,11H,2,10H2,1H3,(H,19,22). The van der Waals surface area contributed by atoms with Crippen molar-refractivity contribution >= 4 is 22.4 Å². The second-order valence-electron chi connectivity index (χ2n) is 5.12. The molecule has 0 aliphatic rings. The number of aromatic nitrogens is 3. The maximum Gasteiger partial charge on any atom is 0.276 e. The Hall–Kier alpha value is -3.02. The van der Waals surface area contributed by atoms with Gasteiger partial charge in [-0.2, -0.15) is 5.10 Å². The zero-order chi connectivity index (χ0) is 16.2. The summed E-state index contributed by atoms with van der Waals surface area (Å²) in [6.07, 6.45) is 3.95. The number of carbonyl (C=O) groups is 1. The van der Waals surface area contributed by atoms with Crippen molar-refractivity contribution in [1.29, 1.82) is 0 Å². The summed E-state index contributed by atoms with van der Waals surface area (Å²) in [7, 11) is 0. The van der Waals surface area contributed by atoms with Crippen LogP contribution >= 0.6 is 0 Å². The lowest BCUT2D eigenvalue weighted by Gasteiger charge is -2.10. The lowest BCUT2D eigenvalue weighted by Crippen LogP contribution is -2.27. The highest BCUT2D eigenvalue weighted by atomic mass is 16.2. The number of rotatable bonds is 4. The Morgan fingerprint density at radius 2 is 1.96 bits per heavy atom. The van der Waals surface area contributed by atoms with Crippen molar-refractivity contribution in [3.63, 3.8) is 0 Å². The number of anilines is 1. The summed E-state index contributed by atoms with van der Waals surface area (Å²) >= 11 is 0. The van der Waals surface area contributed by atoms with E-state index in [4.69, 9.17) is 0 Å². The van der Waals surface area contributed by atoms with Gasteiger partial charge >= 0.3 is 0 Å². The first-order chi connectivity index (χ1) is 11.2. The van der Waals surface area contributed by atoms with Gasteiger partial charge in [0.05, 0.1) is 17.3 Å². The predicted octanol–water partition coefficient (Wildman–Crippen LogP) is 2.45. The highest BCUT2D eigenvalue weighted by molar-refractivity contribution is 6.11. The first-order valence-electron chi connectivity index (χ1n) is 7.42. The normalized spacial score (nSPS) is 10.7. The second-order valence-corrected chi connectivity index (χ2v) is 5.12. The van der Waals surface area contributed by atoms with Gasteiger partial charge in [0, 0.05) is 18.1 Å². The summed E-state index contributed by atoms with van der Waals surface area (Å²) in [5, 5.41) is 8.06. The van der Waals surface area contributed by atoms with Gasteiger partial charge in [0.15, 0.2) is 5.69 Å². The quantitative estimate of drug-likeness (QED) is 0.803. The van der Waals surface area contributed by atoms with Gasteiger partial charge in [0.2, 0.25) is 0 Å². The van der Waals surface area contributed by atoms with Gasteiger partial charge in [-0.1, -0.05) is 25.1 Å². The Morgan fingerprint density at radius 1 is 1.17 bits per heavy atom. The molecule has 2 aromatic heterocycles. The van der Waals surface area contributed by atoms with Crippen molar-refractivity contribution < 1.29 is 4.79 Å². The lowest BCUT2D eigenvalue weighted by atomic mass is 10.1. The van der Waals surface area contributed by atoms with Crippen molar-refractivity contribution in [2.45, 2.75) is 19.9 Å². The minimum absolute atomic E-state index is 0.180. The molecule has 3 rings (SSSR count). The molecule has 0 bridgehead atoms. The highest BCUT2D eigenvalue weighted by Crippen LogP contribution is 2.15. The van der Waals surface area contributed by atoms with E-state index in [1.165, 1.54) is 4.68 Å². The third-order valence-corrected chi connectivity index (χ3v) is 3.44. The number of aryl methyl sites for hydroxylation is 1. The molecular formula is C17H16N4O2. The maximum atomic E-state index is 12.6. The smallest absolute Gasteiger partial charge is 0.276 e. The molecule has 6 nitrogen and oxygen atoms in total. The molecule has 0 spiro atoms. The van der Waals surface area contributed by atoms with Crippen molar-refractivity contribution in [2.24, 2.45) is 0 Å². The van der Waals surface area contributed by atoms with Crippen LogP contribution in [-0.2, 0) is 6.54 Å². The SMILES string of the molecule is CCCn1nc(C(=O)Nc2cccnc2)c2ccccc2c1=O. The van der Waals surface area contributed by atoms with E-state index in [2.05, 4.69) is 15.4 Å². The second kappa shape index (κ2) is 6.39. The minimum Gasteiger partial charge on any atom is -0.319 e. The summed E-state index contributed by atoms with van der Waals surface area (Å²) in [5.74, 6) is -0.362. The molecule has 0 aliphatic carbocycles. The highest BCUT2D eigenvalue weighted by Gasteiger charge is 2.16. The number of nitrogens with one attached hydrogen (secondary N) is 1. The van der Waals surface area contributed by atoms with Crippen molar-refractivity contribution in [3.05, 3.63) is 64.8 Å². The predicted molar refractivity (Wildman–Crippen MR) is 88.5 cm³/mol. The molecule has 0 saturated carbocycles. The topological polar surface area (TPSA) is 76.9 Å². The fourth-order valence-corrected chi connectivity index (χ4v) is 2.39. The number of fused-ring (bicyclic) bond motifs is 1. The Morgan fingerprint density at radius 3 is 2.65 bits per heavy atom. The summed E-state index contributed by atoms with van der Waals surface area (Å²) < 4.78 is 1.35. The van der Waals surface area contributed by atoms with E-state index in [1.807, 2.05) is 6.92 Å². The third kappa shape index (κ3) is 2.96. The molecule has 0 radical (unpaired) electrons. The van der Waals surface area contributed by atoms with Crippen LogP contribution in [0.1, 0.15) is 23.8 Å². The molecular weight excluding hydrogens is 292 g/mol. The van der Waals surface area contributed by atoms with Gasteiger partial charge in [-0.25, -0.2) is 4.68 Å². The van der Waals surface area contributed by atoms with Gasteiger partial charge < -0.3 is 5.32 Å². The summed E-state index contributed by atoms with van der Waals surface area (Å²) in [6.45, 7) is 2.43. The van der Waals surface area contributed by atoms with Gasteiger partial charge in [-0.3, -0.25) is 14.6 Å². The molecule has 2 heterocycles. The zero-order valence-electron chi connectivity index (χ0n) is 12.7. The van der Waals surface area contributed by atoms with Crippen molar-refractivity contribution in [3.8, 4) is 0 Å². The Labute approximate surface area is 132 Å². The van der Waals surface area contributed by atoms with E-state index in [0.29, 0.717) is 23.0 Å². The summed E-state index contributed by atoms with van der Waals surface area (Å²) in [6, 6.07) is 10.5. The molecule has 0 aliphatic heterocycles. The fourth-order valence-electron chi connectivity index (χ4n) is 2.39. The number of nitrogens with zero attached hydrogens (tertiary/aromatic N) is 3. The molecule has 116 valence electrons. The van der Waals surface area contributed by atoms with Crippen LogP contribution in [0, 0.1) is 0 Å². The first-order valence-corrected chi connectivity index (χ1v) is 7.42. The van der Waals surface area contributed by atoms with Gasteiger partial charge in [-0.05, 0) is 24.6 Å². The van der Waals surface area contributed by atoms with Crippen LogP contribution < -0.4 is 10.9 Å². The van der Waals surface area contributed by atoms with Crippen molar-refractivity contribution in [2.75, 3.05) is 5.32 Å². The van der Waals surface area contributed by atoms with E-state index in [-0.39, 0.29) is 17.2 Å². The van der Waals surface area contributed by atoms with Gasteiger partial charge in [0.25, 0.3) is 11.5 Å². The van der Waals surface area contributed by atoms with Crippen LogP contribution in [0.2, 0.25) is 0 Å². The molecule has 3 aromatic rings. The molecule has 0 saturated heterocycles. The molecule has 1 aromatic carbocycles. The van der Waals surface area contributed by atoms with Crippen LogP contribution in [0.15, 0.2) is 53.6 Å². The molecule has 1 N–H and O–H groups in total. The van der Waals surface area contributed by atoms with Crippen LogP contribution in [0.25, 0.3) is 10.8 Å². The molecule has 0 fully saturated rings. The number of amides is 1. The van der Waals surface area contributed by atoms with E-state index in [0.717, 1.165) is 6.42 Å². The minimum atomic E-state index is -0.362. The number of hydrogen-bond donors (Lipinski definition) is 1. The van der Waals surface area contributed by atoms with Gasteiger partial charge in [-0.15, -0.1) is 0 Å². The molecule has 23 heavy (non-hydrogen) atoms.